The number of benzene rings is 1. The molecule has 1 aromatic rings. The molecule has 20 heavy (non-hydrogen) atoms. The lowest BCUT2D eigenvalue weighted by Gasteiger charge is -2.22. The van der Waals surface area contributed by atoms with E-state index >= 15 is 0 Å². The zero-order valence-corrected chi connectivity index (χ0v) is 12.6. The first-order valence-electron chi connectivity index (χ1n) is 7.65. The van der Waals surface area contributed by atoms with Crippen LogP contribution in [0.3, 0.4) is 0 Å². The van der Waals surface area contributed by atoms with Gasteiger partial charge in [-0.15, -0.1) is 0 Å². The lowest BCUT2D eigenvalue weighted by molar-refractivity contribution is 0.279. The van der Waals surface area contributed by atoms with Crippen molar-refractivity contribution in [3.05, 3.63) is 35.4 Å². The molecule has 3 heteroatoms. The quantitative estimate of drug-likeness (QED) is 0.864. The standard InChI is InChI=1S/C17H25N3/c1-14(13-20-9-3-4-10-20)12-19-15(2)17-7-5-16(11-18)6-8-17/h5-8,14-15,19H,3-4,9-10,12-13H2,1-2H3. The topological polar surface area (TPSA) is 39.1 Å². The van der Waals surface area contributed by atoms with Crippen LogP contribution in [-0.2, 0) is 0 Å². The van der Waals surface area contributed by atoms with Crippen LogP contribution in [-0.4, -0.2) is 31.1 Å². The predicted octanol–water partition coefficient (Wildman–Crippen LogP) is 2.94. The maximum Gasteiger partial charge on any atom is 0.0991 e. The van der Waals surface area contributed by atoms with Gasteiger partial charge in [0, 0.05) is 12.6 Å². The smallest absolute Gasteiger partial charge is 0.0991 e. The fraction of sp³-hybridized carbons (Fsp3) is 0.588. The summed E-state index contributed by atoms with van der Waals surface area (Å²) in [4.78, 5) is 2.57. The van der Waals surface area contributed by atoms with Gasteiger partial charge < -0.3 is 10.2 Å². The van der Waals surface area contributed by atoms with Crippen LogP contribution < -0.4 is 5.32 Å². The fourth-order valence-corrected chi connectivity index (χ4v) is 2.81. The summed E-state index contributed by atoms with van der Waals surface area (Å²) in [6, 6.07) is 10.4. The van der Waals surface area contributed by atoms with Gasteiger partial charge in [-0.1, -0.05) is 19.1 Å². The summed E-state index contributed by atoms with van der Waals surface area (Å²) in [6.45, 7) is 9.29. The Bertz CT molecular complexity index is 440. The Kier molecular flexibility index (Phi) is 5.58. The Morgan fingerprint density at radius 3 is 2.45 bits per heavy atom. The average molecular weight is 271 g/mol. The fourth-order valence-electron chi connectivity index (χ4n) is 2.81. The van der Waals surface area contributed by atoms with Crippen LogP contribution in [0, 0.1) is 17.2 Å². The van der Waals surface area contributed by atoms with E-state index in [4.69, 9.17) is 5.26 Å². The summed E-state index contributed by atoms with van der Waals surface area (Å²) in [5, 5.41) is 12.4. The first kappa shape index (κ1) is 15.0. The van der Waals surface area contributed by atoms with E-state index in [0.29, 0.717) is 12.0 Å². The van der Waals surface area contributed by atoms with Crippen molar-refractivity contribution in [3.8, 4) is 6.07 Å². The number of nitriles is 1. The maximum absolute atomic E-state index is 8.81. The van der Waals surface area contributed by atoms with Gasteiger partial charge in [0.1, 0.15) is 0 Å². The van der Waals surface area contributed by atoms with Crippen molar-refractivity contribution in [2.75, 3.05) is 26.2 Å². The Hall–Kier alpha value is -1.37. The molecule has 2 rings (SSSR count). The van der Waals surface area contributed by atoms with E-state index in [9.17, 15) is 0 Å². The highest BCUT2D eigenvalue weighted by Gasteiger charge is 2.15. The molecule has 1 aliphatic rings. The maximum atomic E-state index is 8.81. The van der Waals surface area contributed by atoms with E-state index in [-0.39, 0.29) is 0 Å². The SMILES string of the molecule is CC(CNC(C)c1ccc(C#N)cc1)CN1CCCC1. The molecule has 0 spiro atoms. The molecule has 0 amide bonds. The van der Waals surface area contributed by atoms with Crippen molar-refractivity contribution in [2.24, 2.45) is 5.92 Å². The van der Waals surface area contributed by atoms with Gasteiger partial charge in [0.2, 0.25) is 0 Å². The van der Waals surface area contributed by atoms with Crippen LogP contribution in [0.25, 0.3) is 0 Å². The van der Waals surface area contributed by atoms with E-state index < -0.39 is 0 Å². The molecule has 2 atom stereocenters. The minimum atomic E-state index is 0.337. The van der Waals surface area contributed by atoms with E-state index in [2.05, 4.69) is 30.1 Å². The van der Waals surface area contributed by atoms with Crippen LogP contribution in [0.5, 0.6) is 0 Å². The molecule has 3 nitrogen and oxygen atoms in total. The summed E-state index contributed by atoms with van der Waals surface area (Å²) in [7, 11) is 0. The second kappa shape index (κ2) is 7.42. The number of rotatable bonds is 6. The Balaban J connectivity index is 1.75. The van der Waals surface area contributed by atoms with E-state index in [1.54, 1.807) is 0 Å². The lowest BCUT2D eigenvalue weighted by Crippen LogP contribution is -2.32. The molecule has 0 aliphatic carbocycles. The van der Waals surface area contributed by atoms with Crippen LogP contribution in [0.15, 0.2) is 24.3 Å². The predicted molar refractivity (Wildman–Crippen MR) is 82.4 cm³/mol. The molecular formula is C17H25N3. The highest BCUT2D eigenvalue weighted by atomic mass is 15.1. The number of hydrogen-bond donors (Lipinski definition) is 1. The largest absolute Gasteiger partial charge is 0.310 e. The van der Waals surface area contributed by atoms with Gasteiger partial charge in [-0.2, -0.15) is 5.26 Å². The van der Waals surface area contributed by atoms with Crippen molar-refractivity contribution in [1.29, 1.82) is 5.26 Å². The highest BCUT2D eigenvalue weighted by molar-refractivity contribution is 5.32. The molecule has 1 N–H and O–H groups in total. The molecule has 108 valence electrons. The molecule has 0 aromatic heterocycles. The Morgan fingerprint density at radius 2 is 1.85 bits per heavy atom. The number of nitrogens with zero attached hydrogens (tertiary/aromatic N) is 2. The second-order valence-corrected chi connectivity index (χ2v) is 5.98. The van der Waals surface area contributed by atoms with Gasteiger partial charge in [0.05, 0.1) is 11.6 Å². The minimum Gasteiger partial charge on any atom is -0.310 e. The first-order valence-corrected chi connectivity index (χ1v) is 7.65. The summed E-state index contributed by atoms with van der Waals surface area (Å²) in [5.41, 5.74) is 1.97. The number of likely N-dealkylation sites (tertiary alicyclic amines) is 1. The zero-order valence-electron chi connectivity index (χ0n) is 12.6. The molecule has 0 radical (unpaired) electrons. The second-order valence-electron chi connectivity index (χ2n) is 5.98. The van der Waals surface area contributed by atoms with Crippen LogP contribution in [0.4, 0.5) is 0 Å². The lowest BCUT2D eigenvalue weighted by atomic mass is 10.1. The van der Waals surface area contributed by atoms with Gasteiger partial charge in [-0.3, -0.25) is 0 Å². The van der Waals surface area contributed by atoms with Crippen molar-refractivity contribution in [3.63, 3.8) is 0 Å². The molecular weight excluding hydrogens is 246 g/mol. The van der Waals surface area contributed by atoms with E-state index in [0.717, 1.165) is 12.1 Å². The normalized spacial score (nSPS) is 18.6. The molecule has 1 fully saturated rings. The van der Waals surface area contributed by atoms with Gasteiger partial charge >= 0.3 is 0 Å². The molecule has 1 heterocycles. The number of hydrogen-bond acceptors (Lipinski definition) is 3. The third-order valence-electron chi connectivity index (χ3n) is 4.08. The summed E-state index contributed by atoms with van der Waals surface area (Å²) in [6.07, 6.45) is 2.73. The molecule has 0 bridgehead atoms. The molecule has 0 saturated carbocycles. The van der Waals surface area contributed by atoms with Crippen molar-refractivity contribution < 1.29 is 0 Å². The Morgan fingerprint density at radius 1 is 1.20 bits per heavy atom. The molecule has 2 unspecified atom stereocenters. The summed E-state index contributed by atoms with van der Waals surface area (Å²) in [5.74, 6) is 0.675. The van der Waals surface area contributed by atoms with Gasteiger partial charge in [0.15, 0.2) is 0 Å². The van der Waals surface area contributed by atoms with Crippen LogP contribution >= 0.6 is 0 Å². The minimum absolute atomic E-state index is 0.337. The summed E-state index contributed by atoms with van der Waals surface area (Å²) >= 11 is 0. The monoisotopic (exact) mass is 271 g/mol. The molecule has 1 aliphatic heterocycles. The third-order valence-corrected chi connectivity index (χ3v) is 4.08. The first-order chi connectivity index (χ1) is 9.69. The van der Waals surface area contributed by atoms with Gasteiger partial charge in [-0.05, 0) is 63.0 Å². The van der Waals surface area contributed by atoms with E-state index in [1.165, 1.54) is 38.0 Å². The van der Waals surface area contributed by atoms with E-state index in [1.807, 2.05) is 24.3 Å². The van der Waals surface area contributed by atoms with Crippen molar-refractivity contribution in [2.45, 2.75) is 32.7 Å². The molecule has 1 saturated heterocycles. The number of nitrogens with one attached hydrogen (secondary N) is 1. The van der Waals surface area contributed by atoms with Gasteiger partial charge in [0.25, 0.3) is 0 Å². The van der Waals surface area contributed by atoms with Crippen LogP contribution in [0.1, 0.15) is 43.9 Å². The van der Waals surface area contributed by atoms with Crippen molar-refractivity contribution >= 4 is 0 Å². The molecule has 1 aromatic carbocycles. The van der Waals surface area contributed by atoms with Crippen LogP contribution in [0.2, 0.25) is 0 Å². The zero-order chi connectivity index (χ0) is 14.4. The Labute approximate surface area is 122 Å². The summed E-state index contributed by atoms with van der Waals surface area (Å²) < 4.78 is 0. The van der Waals surface area contributed by atoms with Crippen molar-refractivity contribution in [1.82, 2.24) is 10.2 Å². The van der Waals surface area contributed by atoms with Gasteiger partial charge in [-0.25, -0.2) is 0 Å². The average Bonchev–Trinajstić information content (AvgIpc) is 2.97. The third kappa shape index (κ3) is 4.33. The highest BCUT2D eigenvalue weighted by Crippen LogP contribution is 2.14.